The molecule has 0 bridgehead atoms. The van der Waals surface area contributed by atoms with E-state index in [2.05, 4.69) is 10.6 Å². The third-order valence-electron chi connectivity index (χ3n) is 4.23. The van der Waals surface area contributed by atoms with Crippen molar-refractivity contribution in [3.8, 4) is 0 Å². The lowest BCUT2D eigenvalue weighted by Gasteiger charge is -2.22. The Morgan fingerprint density at radius 2 is 1.23 bits per heavy atom. The van der Waals surface area contributed by atoms with Crippen molar-refractivity contribution < 1.29 is 53.7 Å². The third kappa shape index (κ3) is 13.8. The van der Waals surface area contributed by atoms with E-state index >= 15 is 0 Å². The third-order valence-corrected chi connectivity index (χ3v) is 4.23. The Bertz CT molecular complexity index is 847. The highest BCUT2D eigenvalue weighted by Gasteiger charge is 2.30. The van der Waals surface area contributed by atoms with E-state index in [4.69, 9.17) is 21.7 Å². The van der Waals surface area contributed by atoms with Crippen molar-refractivity contribution >= 4 is 47.4 Å². The highest BCUT2D eigenvalue weighted by Crippen LogP contribution is 2.03. The number of carbonyl (C=O) groups is 8. The zero-order valence-electron chi connectivity index (χ0n) is 18.4. The average molecular weight is 504 g/mol. The van der Waals surface area contributed by atoms with Gasteiger partial charge >= 0.3 is 17.9 Å². The summed E-state index contributed by atoms with van der Waals surface area (Å²) in [5.74, 6) is -9.12. The zero-order chi connectivity index (χ0) is 27.1. The summed E-state index contributed by atoms with van der Waals surface area (Å²) < 4.78 is 0. The second-order valence-corrected chi connectivity index (χ2v) is 7.10. The Morgan fingerprint density at radius 1 is 0.686 bits per heavy atom. The molecular formula is C18H28N6O11. The van der Waals surface area contributed by atoms with Gasteiger partial charge in [0.05, 0.1) is 13.0 Å². The van der Waals surface area contributed by atoms with Crippen molar-refractivity contribution in [3.63, 3.8) is 0 Å². The summed E-state index contributed by atoms with van der Waals surface area (Å²) in [5.41, 5.74) is 10.2. The largest absolute Gasteiger partial charge is 0.481 e. The summed E-state index contributed by atoms with van der Waals surface area (Å²) in [6.07, 6.45) is -2.54. The maximum absolute atomic E-state index is 12.5. The number of hydrogen-bond acceptors (Lipinski definition) is 9. The van der Waals surface area contributed by atoms with Crippen molar-refractivity contribution in [1.29, 1.82) is 0 Å². The Labute approximate surface area is 197 Å². The number of aliphatic carboxylic acids is 3. The first kappa shape index (κ1) is 30.7. The first-order valence-corrected chi connectivity index (χ1v) is 10.1. The molecule has 0 spiro atoms. The van der Waals surface area contributed by atoms with Crippen LogP contribution in [-0.2, 0) is 38.4 Å². The fourth-order valence-corrected chi connectivity index (χ4v) is 2.54. The molecule has 0 saturated heterocycles. The van der Waals surface area contributed by atoms with Crippen molar-refractivity contribution in [3.05, 3.63) is 0 Å². The molecule has 17 heteroatoms. The van der Waals surface area contributed by atoms with Gasteiger partial charge in [0.2, 0.25) is 29.5 Å². The van der Waals surface area contributed by atoms with Crippen LogP contribution < -0.4 is 32.7 Å². The van der Waals surface area contributed by atoms with E-state index in [-0.39, 0.29) is 12.8 Å². The zero-order valence-corrected chi connectivity index (χ0v) is 18.4. The summed E-state index contributed by atoms with van der Waals surface area (Å²) in [7, 11) is 0. The van der Waals surface area contributed by atoms with Crippen LogP contribution in [0.15, 0.2) is 0 Å². The van der Waals surface area contributed by atoms with Gasteiger partial charge < -0.3 is 48.1 Å². The molecule has 0 heterocycles. The molecule has 0 aliphatic carbocycles. The monoisotopic (exact) mass is 504 g/mol. The summed E-state index contributed by atoms with van der Waals surface area (Å²) >= 11 is 0. The first-order chi connectivity index (χ1) is 16.3. The van der Waals surface area contributed by atoms with Crippen LogP contribution in [0, 0.1) is 0 Å². The SMILES string of the molecule is NCC(=O)N[C@@H](CCC(N)=O)C(=O)N[C@@H](CC(=O)N[C@@H](CCC(=O)O)C(=O)NCC(=O)O)C(=O)O. The minimum atomic E-state index is -1.85. The van der Waals surface area contributed by atoms with E-state index in [9.17, 15) is 43.5 Å². The quantitative estimate of drug-likeness (QED) is 0.0901. The lowest BCUT2D eigenvalue weighted by molar-refractivity contribution is -0.144. The molecule has 35 heavy (non-hydrogen) atoms. The molecule has 17 nitrogen and oxygen atoms in total. The van der Waals surface area contributed by atoms with E-state index < -0.39 is 97.9 Å². The molecule has 0 unspecified atom stereocenters. The van der Waals surface area contributed by atoms with Crippen LogP contribution in [0.5, 0.6) is 0 Å². The van der Waals surface area contributed by atoms with Crippen LogP contribution in [0.3, 0.4) is 0 Å². The van der Waals surface area contributed by atoms with Gasteiger partial charge in [-0.2, -0.15) is 0 Å². The van der Waals surface area contributed by atoms with Crippen molar-refractivity contribution in [2.45, 2.75) is 50.2 Å². The Kier molecular flexibility index (Phi) is 13.6. The van der Waals surface area contributed by atoms with Crippen LogP contribution in [0.25, 0.3) is 0 Å². The number of primary amides is 1. The smallest absolute Gasteiger partial charge is 0.326 e. The maximum Gasteiger partial charge on any atom is 0.326 e. The number of nitrogens with two attached hydrogens (primary N) is 2. The Hall–Kier alpha value is -4.28. The van der Waals surface area contributed by atoms with Gasteiger partial charge in [-0.25, -0.2) is 4.79 Å². The Balaban J connectivity index is 5.34. The van der Waals surface area contributed by atoms with E-state index in [1.807, 2.05) is 10.6 Å². The fourth-order valence-electron chi connectivity index (χ4n) is 2.54. The van der Waals surface area contributed by atoms with Crippen molar-refractivity contribution in [1.82, 2.24) is 21.3 Å². The fraction of sp³-hybridized carbons (Fsp3) is 0.556. The molecule has 196 valence electrons. The van der Waals surface area contributed by atoms with E-state index in [1.165, 1.54) is 0 Å². The van der Waals surface area contributed by atoms with Crippen LogP contribution >= 0.6 is 0 Å². The van der Waals surface area contributed by atoms with Gasteiger partial charge in [0.1, 0.15) is 24.7 Å². The molecule has 0 radical (unpaired) electrons. The van der Waals surface area contributed by atoms with Crippen LogP contribution in [-0.4, -0.2) is 94.0 Å². The summed E-state index contributed by atoms with van der Waals surface area (Å²) in [5, 5.41) is 35.0. The van der Waals surface area contributed by atoms with Gasteiger partial charge in [-0.15, -0.1) is 0 Å². The predicted molar refractivity (Wildman–Crippen MR) is 113 cm³/mol. The van der Waals surface area contributed by atoms with Gasteiger partial charge in [0.15, 0.2) is 0 Å². The normalized spacial score (nSPS) is 12.8. The molecule has 11 N–H and O–H groups in total. The van der Waals surface area contributed by atoms with E-state index in [0.717, 1.165) is 0 Å². The maximum atomic E-state index is 12.5. The molecule has 5 amide bonds. The van der Waals surface area contributed by atoms with Gasteiger partial charge in [-0.05, 0) is 12.8 Å². The van der Waals surface area contributed by atoms with E-state index in [0.29, 0.717) is 0 Å². The van der Waals surface area contributed by atoms with Gasteiger partial charge in [-0.3, -0.25) is 33.6 Å². The molecular weight excluding hydrogens is 476 g/mol. The summed E-state index contributed by atoms with van der Waals surface area (Å²) in [6, 6.07) is -4.75. The van der Waals surface area contributed by atoms with Crippen molar-refractivity contribution in [2.75, 3.05) is 13.1 Å². The van der Waals surface area contributed by atoms with Crippen molar-refractivity contribution in [2.24, 2.45) is 11.5 Å². The second-order valence-electron chi connectivity index (χ2n) is 7.10. The average Bonchev–Trinajstić information content (AvgIpc) is 2.76. The molecule has 0 aliphatic heterocycles. The number of rotatable bonds is 17. The van der Waals surface area contributed by atoms with Crippen LogP contribution in [0.4, 0.5) is 0 Å². The topological polar surface area (TPSA) is 297 Å². The minimum Gasteiger partial charge on any atom is -0.481 e. The molecule has 3 atom stereocenters. The highest BCUT2D eigenvalue weighted by molar-refractivity contribution is 5.94. The number of carboxylic acids is 3. The standard InChI is InChI=1S/C18H28N6O11/c19-6-13(27)23-9(1-3-11(20)25)17(33)24-10(18(34)35)5-12(26)22-8(2-4-14(28)29)16(32)21-7-15(30)31/h8-10H,1-7,19H2,(H2,20,25)(H,21,32)(H,22,26)(H,23,27)(H,24,33)(H,28,29)(H,30,31)(H,34,35)/t8-,9-,10-/m0/s1. The molecule has 0 rings (SSSR count). The molecule has 0 saturated carbocycles. The summed E-state index contributed by atoms with van der Waals surface area (Å²) in [6.45, 7) is -1.32. The first-order valence-electron chi connectivity index (χ1n) is 10.1. The number of nitrogens with one attached hydrogen (secondary N) is 4. The Morgan fingerprint density at radius 3 is 1.71 bits per heavy atom. The summed E-state index contributed by atoms with van der Waals surface area (Å²) in [4.78, 5) is 92.4. The number of amides is 5. The number of hydrogen-bond donors (Lipinski definition) is 9. The van der Waals surface area contributed by atoms with Gasteiger partial charge in [0, 0.05) is 12.8 Å². The van der Waals surface area contributed by atoms with Crippen LogP contribution in [0.1, 0.15) is 32.1 Å². The molecule has 0 aromatic heterocycles. The van der Waals surface area contributed by atoms with Gasteiger partial charge in [0.25, 0.3) is 0 Å². The lowest BCUT2D eigenvalue weighted by Crippen LogP contribution is -2.54. The van der Waals surface area contributed by atoms with Gasteiger partial charge in [-0.1, -0.05) is 0 Å². The van der Waals surface area contributed by atoms with E-state index in [1.54, 1.807) is 0 Å². The predicted octanol–water partition coefficient (Wildman–Crippen LogP) is -4.79. The highest BCUT2D eigenvalue weighted by atomic mass is 16.4. The molecule has 0 fully saturated rings. The number of carboxylic acid groups (broad SMARTS) is 3. The number of carbonyl (C=O) groups excluding carboxylic acids is 5. The second kappa shape index (κ2) is 15.5. The minimum absolute atomic E-state index is 0.285. The molecule has 0 aromatic carbocycles. The molecule has 0 aromatic rings. The lowest BCUT2D eigenvalue weighted by atomic mass is 10.1. The van der Waals surface area contributed by atoms with Crippen LogP contribution in [0.2, 0.25) is 0 Å². The molecule has 0 aliphatic rings.